The van der Waals surface area contributed by atoms with Crippen molar-refractivity contribution in [2.75, 3.05) is 19.4 Å². The van der Waals surface area contributed by atoms with E-state index in [1.807, 2.05) is 53.4 Å². The van der Waals surface area contributed by atoms with Crippen molar-refractivity contribution >= 4 is 17.8 Å². The summed E-state index contributed by atoms with van der Waals surface area (Å²) in [5.41, 5.74) is 2.17. The Bertz CT molecular complexity index is 840. The summed E-state index contributed by atoms with van der Waals surface area (Å²) in [4.78, 5) is 14.9. The molecule has 1 N–H and O–H groups in total. The largest absolute Gasteiger partial charge is 0.493 e. The van der Waals surface area contributed by atoms with E-state index in [1.165, 1.54) is 19.3 Å². The second-order valence-corrected chi connectivity index (χ2v) is 9.07. The molecule has 4 rings (SSSR count). The standard InChI is InChI=1S/C24H30N2O3S/c1-28-21-13-12-19(16-22(21)29-17-18-8-4-2-5-9-18)23-26(14-15-30-23)24(27)25-20-10-6-3-7-11-20/h2,4-5,8-9,12-13,16,20,23H,3,6-7,10-11,14-15,17H2,1H3,(H,25,27). The van der Waals surface area contributed by atoms with E-state index in [0.29, 0.717) is 24.1 Å². The molecule has 6 heteroatoms. The zero-order valence-corrected chi connectivity index (χ0v) is 18.3. The molecule has 2 aromatic rings. The quantitative estimate of drug-likeness (QED) is 0.675. The topological polar surface area (TPSA) is 50.8 Å². The molecule has 2 fully saturated rings. The Labute approximate surface area is 183 Å². The first kappa shape index (κ1) is 20.9. The van der Waals surface area contributed by atoms with Gasteiger partial charge in [-0.05, 0) is 36.1 Å². The number of urea groups is 1. The van der Waals surface area contributed by atoms with Crippen LogP contribution in [0.25, 0.3) is 0 Å². The first-order valence-electron chi connectivity index (χ1n) is 10.8. The molecule has 1 saturated heterocycles. The van der Waals surface area contributed by atoms with Crippen molar-refractivity contribution in [1.82, 2.24) is 10.2 Å². The van der Waals surface area contributed by atoms with Crippen molar-refractivity contribution in [1.29, 1.82) is 0 Å². The van der Waals surface area contributed by atoms with Gasteiger partial charge >= 0.3 is 6.03 Å². The third-order valence-corrected chi connectivity index (χ3v) is 7.06. The Hall–Kier alpha value is -2.34. The van der Waals surface area contributed by atoms with Crippen molar-refractivity contribution in [2.24, 2.45) is 0 Å². The molecule has 1 atom stereocenters. The highest BCUT2D eigenvalue weighted by atomic mass is 32.2. The molecule has 5 nitrogen and oxygen atoms in total. The van der Waals surface area contributed by atoms with Gasteiger partial charge in [0, 0.05) is 18.3 Å². The van der Waals surface area contributed by atoms with E-state index >= 15 is 0 Å². The van der Waals surface area contributed by atoms with Gasteiger partial charge < -0.3 is 19.7 Å². The maximum Gasteiger partial charge on any atom is 0.318 e. The van der Waals surface area contributed by atoms with Crippen LogP contribution in [0.5, 0.6) is 11.5 Å². The molecular weight excluding hydrogens is 396 g/mol. The molecule has 0 spiro atoms. The molecule has 0 radical (unpaired) electrons. The molecular formula is C24H30N2O3S. The summed E-state index contributed by atoms with van der Waals surface area (Å²) >= 11 is 1.80. The van der Waals surface area contributed by atoms with Crippen molar-refractivity contribution in [2.45, 2.75) is 50.1 Å². The van der Waals surface area contributed by atoms with Crippen molar-refractivity contribution < 1.29 is 14.3 Å². The number of methoxy groups -OCH3 is 1. The maximum absolute atomic E-state index is 13.0. The fourth-order valence-corrected chi connectivity index (χ4v) is 5.40. The lowest BCUT2D eigenvalue weighted by atomic mass is 9.96. The van der Waals surface area contributed by atoms with E-state index in [-0.39, 0.29) is 11.4 Å². The van der Waals surface area contributed by atoms with Crippen LogP contribution < -0.4 is 14.8 Å². The smallest absolute Gasteiger partial charge is 0.318 e. The summed E-state index contributed by atoms with van der Waals surface area (Å²) in [6, 6.07) is 16.5. The summed E-state index contributed by atoms with van der Waals surface area (Å²) in [5.74, 6) is 2.35. The highest BCUT2D eigenvalue weighted by Gasteiger charge is 2.32. The molecule has 1 aliphatic heterocycles. The van der Waals surface area contributed by atoms with Gasteiger partial charge in [-0.25, -0.2) is 4.79 Å². The Balaban J connectivity index is 1.46. The zero-order valence-electron chi connectivity index (χ0n) is 17.5. The monoisotopic (exact) mass is 426 g/mol. The first-order chi connectivity index (χ1) is 14.7. The van der Waals surface area contributed by atoms with Gasteiger partial charge in [-0.1, -0.05) is 55.7 Å². The summed E-state index contributed by atoms with van der Waals surface area (Å²) in [7, 11) is 1.65. The van der Waals surface area contributed by atoms with Crippen LogP contribution in [-0.4, -0.2) is 36.4 Å². The Morgan fingerprint density at radius 3 is 2.67 bits per heavy atom. The highest BCUT2D eigenvalue weighted by Crippen LogP contribution is 2.41. The third kappa shape index (κ3) is 5.04. The molecule has 1 heterocycles. The molecule has 1 aliphatic carbocycles. The number of benzene rings is 2. The minimum atomic E-state index is -0.00132. The van der Waals surface area contributed by atoms with Gasteiger partial charge in [0.1, 0.15) is 12.0 Å². The van der Waals surface area contributed by atoms with E-state index < -0.39 is 0 Å². The van der Waals surface area contributed by atoms with Crippen LogP contribution in [0.4, 0.5) is 4.79 Å². The van der Waals surface area contributed by atoms with Gasteiger partial charge in [-0.15, -0.1) is 11.8 Å². The Morgan fingerprint density at radius 2 is 1.90 bits per heavy atom. The van der Waals surface area contributed by atoms with Crippen LogP contribution in [-0.2, 0) is 6.61 Å². The Morgan fingerprint density at radius 1 is 1.10 bits per heavy atom. The van der Waals surface area contributed by atoms with Gasteiger partial charge in [-0.2, -0.15) is 0 Å². The number of ether oxygens (including phenoxy) is 2. The molecule has 160 valence electrons. The van der Waals surface area contributed by atoms with Gasteiger partial charge in [0.2, 0.25) is 0 Å². The predicted octanol–water partition coefficient (Wildman–Crippen LogP) is 5.36. The zero-order chi connectivity index (χ0) is 20.8. The first-order valence-corrected chi connectivity index (χ1v) is 11.8. The maximum atomic E-state index is 13.0. The molecule has 2 aliphatic rings. The van der Waals surface area contributed by atoms with Gasteiger partial charge in [0.05, 0.1) is 7.11 Å². The second kappa shape index (κ2) is 10.1. The summed E-state index contributed by atoms with van der Waals surface area (Å²) in [5, 5.41) is 3.26. The van der Waals surface area contributed by atoms with Gasteiger partial charge in [0.15, 0.2) is 11.5 Å². The lowest BCUT2D eigenvalue weighted by Gasteiger charge is -2.29. The number of rotatable bonds is 6. The molecule has 2 aromatic carbocycles. The lowest BCUT2D eigenvalue weighted by Crippen LogP contribution is -2.45. The van der Waals surface area contributed by atoms with E-state index in [9.17, 15) is 4.79 Å². The van der Waals surface area contributed by atoms with E-state index in [0.717, 1.165) is 36.3 Å². The minimum Gasteiger partial charge on any atom is -0.493 e. The molecule has 1 saturated carbocycles. The molecule has 0 aromatic heterocycles. The van der Waals surface area contributed by atoms with Crippen molar-refractivity contribution in [3.05, 3.63) is 59.7 Å². The SMILES string of the molecule is COc1ccc(C2SCCN2C(=O)NC2CCCCC2)cc1OCc1ccccc1. The minimum absolute atomic E-state index is 0.00132. The fraction of sp³-hybridized carbons (Fsp3) is 0.458. The molecule has 1 unspecified atom stereocenters. The number of thioether (sulfide) groups is 1. The fourth-order valence-electron chi connectivity index (χ4n) is 4.15. The summed E-state index contributed by atoms with van der Waals surface area (Å²) in [6.45, 7) is 1.24. The van der Waals surface area contributed by atoms with Gasteiger partial charge in [-0.3, -0.25) is 0 Å². The van der Waals surface area contributed by atoms with Crippen LogP contribution in [0.1, 0.15) is 48.6 Å². The highest BCUT2D eigenvalue weighted by molar-refractivity contribution is 7.99. The number of hydrogen-bond acceptors (Lipinski definition) is 4. The third-order valence-electron chi connectivity index (χ3n) is 5.79. The van der Waals surface area contributed by atoms with E-state index in [2.05, 4.69) is 5.32 Å². The Kier molecular flexibility index (Phi) is 7.05. The van der Waals surface area contributed by atoms with Crippen LogP contribution in [0.15, 0.2) is 48.5 Å². The van der Waals surface area contributed by atoms with E-state index in [1.54, 1.807) is 18.9 Å². The summed E-state index contributed by atoms with van der Waals surface area (Å²) in [6.07, 6.45) is 5.90. The number of nitrogens with one attached hydrogen (secondary N) is 1. The number of carbonyl (C=O) groups is 1. The van der Waals surface area contributed by atoms with Crippen LogP contribution in [0.2, 0.25) is 0 Å². The average Bonchev–Trinajstić information content (AvgIpc) is 3.29. The lowest BCUT2D eigenvalue weighted by molar-refractivity contribution is 0.192. The predicted molar refractivity (Wildman–Crippen MR) is 121 cm³/mol. The average molecular weight is 427 g/mol. The molecule has 0 bridgehead atoms. The molecule has 2 amide bonds. The van der Waals surface area contributed by atoms with Crippen LogP contribution >= 0.6 is 11.8 Å². The normalized spacial score (nSPS) is 19.5. The number of amides is 2. The molecule has 30 heavy (non-hydrogen) atoms. The second-order valence-electron chi connectivity index (χ2n) is 7.89. The van der Waals surface area contributed by atoms with Crippen LogP contribution in [0.3, 0.4) is 0 Å². The van der Waals surface area contributed by atoms with Crippen molar-refractivity contribution in [3.63, 3.8) is 0 Å². The number of hydrogen-bond donors (Lipinski definition) is 1. The summed E-state index contributed by atoms with van der Waals surface area (Å²) < 4.78 is 11.6. The van der Waals surface area contributed by atoms with E-state index in [4.69, 9.17) is 9.47 Å². The van der Waals surface area contributed by atoms with Gasteiger partial charge in [0.25, 0.3) is 0 Å². The number of carbonyl (C=O) groups excluding carboxylic acids is 1. The number of nitrogens with zero attached hydrogens (tertiary/aromatic N) is 1. The van der Waals surface area contributed by atoms with Crippen molar-refractivity contribution in [3.8, 4) is 11.5 Å². The van der Waals surface area contributed by atoms with Crippen LogP contribution in [0, 0.1) is 0 Å².